The summed E-state index contributed by atoms with van der Waals surface area (Å²) in [5.41, 5.74) is 0. The molecule has 0 aromatic heterocycles. The van der Waals surface area contributed by atoms with Gasteiger partial charge in [-0.3, -0.25) is 0 Å². The van der Waals surface area contributed by atoms with E-state index in [1.807, 2.05) is 0 Å². The van der Waals surface area contributed by atoms with Crippen molar-refractivity contribution in [3.8, 4) is 0 Å². The number of aliphatic hydroxyl groups is 2. The molecule has 0 fully saturated rings. The fourth-order valence-electron chi connectivity index (χ4n) is 0.762. The summed E-state index contributed by atoms with van der Waals surface area (Å²) in [6.45, 7) is 12.6. The summed E-state index contributed by atoms with van der Waals surface area (Å²) < 4.78 is 4.44. The van der Waals surface area contributed by atoms with Crippen molar-refractivity contribution in [2.24, 2.45) is 0 Å². The van der Waals surface area contributed by atoms with Gasteiger partial charge in [-0.25, -0.2) is 0 Å². The molecule has 0 saturated heterocycles. The van der Waals surface area contributed by atoms with Gasteiger partial charge in [0.1, 0.15) is 0 Å². The number of rotatable bonds is 5. The molecule has 0 aliphatic carbocycles. The molecule has 0 atom stereocenters. The molecule has 96 valence electrons. The van der Waals surface area contributed by atoms with Crippen molar-refractivity contribution in [2.45, 2.75) is 27.7 Å². The van der Waals surface area contributed by atoms with Crippen LogP contribution in [0.25, 0.3) is 0 Å². The highest BCUT2D eigenvalue weighted by Gasteiger charge is 1.89. The van der Waals surface area contributed by atoms with Crippen LogP contribution < -0.4 is 0 Å². The lowest BCUT2D eigenvalue weighted by Crippen LogP contribution is -2.21. The Hall–Kier alpha value is -0.160. The molecule has 0 spiro atoms. The van der Waals surface area contributed by atoms with Gasteiger partial charge in [-0.15, -0.1) is 0 Å². The van der Waals surface area contributed by atoms with Crippen LogP contribution in [0.2, 0.25) is 0 Å². The molecule has 0 rings (SSSR count). The van der Waals surface area contributed by atoms with Crippen LogP contribution >= 0.6 is 0 Å². The average molecular weight is 223 g/mol. The first-order valence-corrected chi connectivity index (χ1v) is 5.61. The molecule has 4 nitrogen and oxygen atoms in total. The third kappa shape index (κ3) is 31.6. The zero-order chi connectivity index (χ0) is 12.5. The Balaban J connectivity index is -0.000000158. The monoisotopic (exact) mass is 223 g/mol. The minimum Gasteiger partial charge on any atom is -0.397 e. The van der Waals surface area contributed by atoms with Gasteiger partial charge in [0.05, 0.1) is 13.2 Å². The molecule has 0 bridgehead atoms. The molecule has 0 aliphatic heterocycles. The summed E-state index contributed by atoms with van der Waals surface area (Å²) >= 11 is 0. The highest BCUT2D eigenvalue weighted by atomic mass is 16.5. The van der Waals surface area contributed by atoms with Gasteiger partial charge in [0.15, 0.2) is 0 Å². The Morgan fingerprint density at radius 1 is 0.933 bits per heavy atom. The largest absolute Gasteiger partial charge is 0.397 e. The molecular formula is C11H29NO3. The summed E-state index contributed by atoms with van der Waals surface area (Å²) in [4.78, 5) is 2.38. The quantitative estimate of drug-likeness (QED) is 0.729. The van der Waals surface area contributed by atoms with E-state index >= 15 is 0 Å². The first kappa shape index (κ1) is 20.3. The van der Waals surface area contributed by atoms with E-state index in [2.05, 4.69) is 30.4 Å². The van der Waals surface area contributed by atoms with E-state index in [0.29, 0.717) is 6.61 Å². The van der Waals surface area contributed by atoms with Crippen LogP contribution in [0.15, 0.2) is 0 Å². The number of aliphatic hydroxyl groups excluding tert-OH is 2. The number of nitrogens with zero attached hydrogens (tertiary/aromatic N) is 1. The fourth-order valence-corrected chi connectivity index (χ4v) is 0.762. The topological polar surface area (TPSA) is 52.9 Å². The lowest BCUT2D eigenvalue weighted by atomic mass is 10.5. The van der Waals surface area contributed by atoms with Crippen LogP contribution in [0, 0.1) is 0 Å². The van der Waals surface area contributed by atoms with E-state index in [-0.39, 0.29) is 13.2 Å². The van der Waals surface area contributed by atoms with Gasteiger partial charge in [-0.1, -0.05) is 20.8 Å². The molecule has 2 N–H and O–H groups in total. The summed E-state index contributed by atoms with van der Waals surface area (Å²) in [5, 5.41) is 15.5. The molecule has 15 heavy (non-hydrogen) atoms. The molecule has 0 radical (unpaired) electrons. The van der Waals surface area contributed by atoms with Crippen LogP contribution in [0.3, 0.4) is 0 Å². The third-order valence-corrected chi connectivity index (χ3v) is 1.64. The van der Waals surface area contributed by atoms with E-state index < -0.39 is 0 Å². The Morgan fingerprint density at radius 2 is 1.27 bits per heavy atom. The Labute approximate surface area is 94.9 Å². The van der Waals surface area contributed by atoms with Crippen molar-refractivity contribution in [1.82, 2.24) is 4.90 Å². The molecule has 0 saturated carbocycles. The van der Waals surface area contributed by atoms with Gasteiger partial charge in [0, 0.05) is 13.7 Å². The molecule has 0 heterocycles. The van der Waals surface area contributed by atoms with Gasteiger partial charge in [-0.05, 0) is 26.6 Å². The van der Waals surface area contributed by atoms with Gasteiger partial charge >= 0.3 is 0 Å². The molecule has 0 aromatic carbocycles. The molecule has 4 heteroatoms. The molecule has 0 amide bonds. The smallest absolute Gasteiger partial charge is 0.0693 e. The van der Waals surface area contributed by atoms with Crippen LogP contribution in [-0.2, 0) is 4.74 Å². The zero-order valence-electron chi connectivity index (χ0n) is 11.0. The van der Waals surface area contributed by atoms with Crippen molar-refractivity contribution < 1.29 is 14.9 Å². The number of hydrogen-bond acceptors (Lipinski definition) is 4. The van der Waals surface area contributed by atoms with Crippen LogP contribution in [-0.4, -0.2) is 61.7 Å². The summed E-state index contributed by atoms with van der Waals surface area (Å²) in [6.07, 6.45) is 0. The maximum absolute atomic E-state index is 7.94. The van der Waals surface area contributed by atoms with Crippen molar-refractivity contribution in [2.75, 3.05) is 46.6 Å². The second-order valence-electron chi connectivity index (χ2n) is 2.65. The molecule has 0 aliphatic rings. The Kier molecular flexibility index (Phi) is 31.9. The van der Waals surface area contributed by atoms with E-state index in [1.54, 1.807) is 14.0 Å². The van der Waals surface area contributed by atoms with Crippen LogP contribution in [0.4, 0.5) is 0 Å². The van der Waals surface area contributed by atoms with E-state index in [9.17, 15) is 0 Å². The fraction of sp³-hybridized carbons (Fsp3) is 1.00. The number of hydrogen-bond donors (Lipinski definition) is 2. The molecular weight excluding hydrogens is 194 g/mol. The second-order valence-corrected chi connectivity index (χ2v) is 2.65. The van der Waals surface area contributed by atoms with Crippen LogP contribution in [0.5, 0.6) is 0 Å². The maximum atomic E-state index is 7.94. The number of methoxy groups -OCH3 is 1. The highest BCUT2D eigenvalue weighted by Crippen LogP contribution is 1.81. The third-order valence-electron chi connectivity index (χ3n) is 1.64. The van der Waals surface area contributed by atoms with E-state index in [0.717, 1.165) is 0 Å². The lowest BCUT2D eigenvalue weighted by molar-refractivity contribution is 0.135. The highest BCUT2D eigenvalue weighted by molar-refractivity contribution is 4.43. The SMILES string of the molecule is CCN(CC)CC.CCO.COCCO. The van der Waals surface area contributed by atoms with Crippen molar-refractivity contribution in [3.63, 3.8) is 0 Å². The van der Waals surface area contributed by atoms with Crippen molar-refractivity contribution in [3.05, 3.63) is 0 Å². The Bertz CT molecular complexity index is 70.7. The van der Waals surface area contributed by atoms with Crippen molar-refractivity contribution in [1.29, 1.82) is 0 Å². The minimum atomic E-state index is 0.122. The molecule has 0 unspecified atom stereocenters. The number of ether oxygens (including phenoxy) is 1. The van der Waals surface area contributed by atoms with Gasteiger partial charge < -0.3 is 19.8 Å². The summed E-state index contributed by atoms with van der Waals surface area (Å²) in [6, 6.07) is 0. The normalized spacial score (nSPS) is 8.80. The zero-order valence-corrected chi connectivity index (χ0v) is 11.0. The van der Waals surface area contributed by atoms with E-state index in [1.165, 1.54) is 19.6 Å². The predicted octanol–water partition coefficient (Wildman–Crippen LogP) is 0.972. The van der Waals surface area contributed by atoms with Gasteiger partial charge in [0.25, 0.3) is 0 Å². The lowest BCUT2D eigenvalue weighted by Gasteiger charge is -2.13. The van der Waals surface area contributed by atoms with Gasteiger partial charge in [0.2, 0.25) is 0 Å². The van der Waals surface area contributed by atoms with Gasteiger partial charge in [-0.2, -0.15) is 0 Å². The summed E-state index contributed by atoms with van der Waals surface area (Å²) in [7, 11) is 1.55. The first-order valence-electron chi connectivity index (χ1n) is 5.61. The summed E-state index contributed by atoms with van der Waals surface area (Å²) in [5.74, 6) is 0. The minimum absolute atomic E-state index is 0.122. The van der Waals surface area contributed by atoms with E-state index in [4.69, 9.17) is 10.2 Å². The van der Waals surface area contributed by atoms with Crippen molar-refractivity contribution >= 4 is 0 Å². The first-order chi connectivity index (χ1) is 7.17. The maximum Gasteiger partial charge on any atom is 0.0693 e. The standard InChI is InChI=1S/C6H15N.C3H8O2.C2H6O/c1-4-7(5-2)6-3;1-5-3-2-4;1-2-3/h4-6H2,1-3H3;4H,2-3H2,1H3;3H,2H2,1H3. The van der Waals surface area contributed by atoms with Crippen LogP contribution in [0.1, 0.15) is 27.7 Å². The Morgan fingerprint density at radius 3 is 1.27 bits per heavy atom. The average Bonchev–Trinajstić information content (AvgIpc) is 2.24. The second kappa shape index (κ2) is 23.6. The predicted molar refractivity (Wildman–Crippen MR) is 65.2 cm³/mol. The molecule has 0 aromatic rings.